The van der Waals surface area contributed by atoms with E-state index in [2.05, 4.69) is 20.3 Å². The lowest BCUT2D eigenvalue weighted by atomic mass is 10.1. The Morgan fingerprint density at radius 3 is 2.47 bits per heavy atom. The predicted octanol–water partition coefficient (Wildman–Crippen LogP) is 3.86. The number of hydrogen-bond acceptors (Lipinski definition) is 1. The summed E-state index contributed by atoms with van der Waals surface area (Å²) in [6, 6.07) is 4.62. The lowest BCUT2D eigenvalue weighted by Gasteiger charge is -2.14. The lowest BCUT2D eigenvalue weighted by Crippen LogP contribution is -2.20. The summed E-state index contributed by atoms with van der Waals surface area (Å²) in [5, 5.41) is 0. The molecule has 1 atom stereocenters. The van der Waals surface area contributed by atoms with Crippen molar-refractivity contribution in [3.05, 3.63) is 34.1 Å². The molecule has 5 heteroatoms. The minimum atomic E-state index is -1.30. The average Bonchev–Trinajstić information content (AvgIpc) is 2.20. The zero-order valence-electron chi connectivity index (χ0n) is 10.3. The minimum absolute atomic E-state index is 0.321. The van der Waals surface area contributed by atoms with E-state index in [1.807, 2.05) is 20.8 Å². The lowest BCUT2D eigenvalue weighted by molar-refractivity contribution is 0.621. The van der Waals surface area contributed by atoms with Crippen molar-refractivity contribution < 1.29 is 8.60 Å². The zero-order valence-corrected chi connectivity index (χ0v) is 12.7. The first kappa shape index (κ1) is 14.5. The van der Waals surface area contributed by atoms with Gasteiger partial charge in [0.05, 0.1) is 14.9 Å². The number of rotatable bonds is 2. The molecule has 0 heterocycles. The van der Waals surface area contributed by atoms with Crippen molar-refractivity contribution >= 4 is 32.6 Å². The smallest absolute Gasteiger partial charge is 0.145 e. The van der Waals surface area contributed by atoms with Gasteiger partial charge in [-0.05, 0) is 61.3 Å². The fraction of sp³-hybridized carbons (Fsp3) is 0.417. The van der Waals surface area contributed by atoms with Crippen LogP contribution in [0.15, 0.2) is 27.1 Å². The van der Waals surface area contributed by atoms with Gasteiger partial charge in [-0.2, -0.15) is 4.40 Å². The molecule has 0 amide bonds. The highest BCUT2D eigenvalue weighted by atomic mass is 79.9. The van der Waals surface area contributed by atoms with Crippen LogP contribution in [0.1, 0.15) is 33.3 Å². The maximum Gasteiger partial charge on any atom is 0.145 e. The fourth-order valence-corrected chi connectivity index (χ4v) is 2.04. The first-order valence-corrected chi connectivity index (χ1v) is 7.04. The van der Waals surface area contributed by atoms with E-state index in [-0.39, 0.29) is 5.82 Å². The summed E-state index contributed by atoms with van der Waals surface area (Å²) >= 11 is 3.11. The molecule has 1 aromatic carbocycles. The van der Waals surface area contributed by atoms with Gasteiger partial charge in [-0.25, -0.2) is 8.60 Å². The molecule has 2 nitrogen and oxygen atoms in total. The highest BCUT2D eigenvalue weighted by Gasteiger charge is 2.19. The topological polar surface area (TPSA) is 29.4 Å². The molecule has 17 heavy (non-hydrogen) atoms. The zero-order chi connectivity index (χ0) is 13.2. The molecule has 0 aliphatic heterocycles. The maximum absolute atomic E-state index is 13.1. The molecule has 0 bridgehead atoms. The second kappa shape index (κ2) is 5.40. The van der Waals surface area contributed by atoms with E-state index in [0.717, 1.165) is 5.56 Å². The SMILES string of the molecule is C/C(=N/[S@](=O)C(C)(C)C)c1ccc(F)c(Br)c1. The van der Waals surface area contributed by atoms with Gasteiger partial charge in [-0.3, -0.25) is 0 Å². The van der Waals surface area contributed by atoms with Crippen molar-refractivity contribution in [1.82, 2.24) is 0 Å². The van der Waals surface area contributed by atoms with Gasteiger partial charge in [0, 0.05) is 0 Å². The van der Waals surface area contributed by atoms with Crippen LogP contribution in [0.4, 0.5) is 4.39 Å². The summed E-state index contributed by atoms with van der Waals surface area (Å²) in [4.78, 5) is 0. The highest BCUT2D eigenvalue weighted by Crippen LogP contribution is 2.19. The molecule has 1 aromatic rings. The first-order valence-electron chi connectivity index (χ1n) is 5.14. The van der Waals surface area contributed by atoms with E-state index in [9.17, 15) is 8.60 Å². The fourth-order valence-electron chi connectivity index (χ4n) is 1.04. The number of benzene rings is 1. The second-order valence-corrected chi connectivity index (χ2v) is 7.43. The Balaban J connectivity index is 3.04. The Labute approximate surface area is 112 Å². The molecular weight excluding hydrogens is 305 g/mol. The molecule has 0 spiro atoms. The van der Waals surface area contributed by atoms with E-state index < -0.39 is 15.7 Å². The average molecular weight is 320 g/mol. The number of halogens is 2. The predicted molar refractivity (Wildman–Crippen MR) is 74.2 cm³/mol. The number of nitrogens with zero attached hydrogens (tertiary/aromatic N) is 1. The molecule has 0 aromatic heterocycles. The third-order valence-corrected chi connectivity index (χ3v) is 4.18. The quantitative estimate of drug-likeness (QED) is 0.761. The van der Waals surface area contributed by atoms with E-state index >= 15 is 0 Å². The monoisotopic (exact) mass is 319 g/mol. The molecular formula is C12H15BrFNOS. The van der Waals surface area contributed by atoms with E-state index in [4.69, 9.17) is 0 Å². The van der Waals surface area contributed by atoms with Crippen LogP contribution in [0, 0.1) is 5.82 Å². The van der Waals surface area contributed by atoms with Crippen LogP contribution in [0.3, 0.4) is 0 Å². The van der Waals surface area contributed by atoms with Crippen molar-refractivity contribution in [1.29, 1.82) is 0 Å². The molecule has 1 rings (SSSR count). The second-order valence-electron chi connectivity index (χ2n) is 4.67. The first-order chi connectivity index (χ1) is 7.71. The largest absolute Gasteiger partial charge is 0.234 e. The van der Waals surface area contributed by atoms with Crippen molar-refractivity contribution in [2.75, 3.05) is 0 Å². The summed E-state index contributed by atoms with van der Waals surface area (Å²) in [5.41, 5.74) is 1.40. The van der Waals surface area contributed by atoms with Crippen molar-refractivity contribution in [2.45, 2.75) is 32.4 Å². The van der Waals surface area contributed by atoms with Gasteiger partial charge in [-0.15, -0.1) is 0 Å². The van der Waals surface area contributed by atoms with Gasteiger partial charge in [0.2, 0.25) is 0 Å². The molecule has 0 radical (unpaired) electrons. The minimum Gasteiger partial charge on any atom is -0.234 e. The van der Waals surface area contributed by atoms with Crippen LogP contribution in [-0.4, -0.2) is 14.7 Å². The van der Waals surface area contributed by atoms with E-state index in [1.54, 1.807) is 19.1 Å². The van der Waals surface area contributed by atoms with Crippen LogP contribution in [0.5, 0.6) is 0 Å². The van der Waals surface area contributed by atoms with Crippen LogP contribution in [0.25, 0.3) is 0 Å². The number of hydrogen-bond donors (Lipinski definition) is 0. The van der Waals surface area contributed by atoms with Gasteiger partial charge in [0.1, 0.15) is 16.8 Å². The third-order valence-electron chi connectivity index (χ3n) is 2.08. The molecule has 0 aliphatic rings. The Morgan fingerprint density at radius 1 is 1.41 bits per heavy atom. The molecule has 0 N–H and O–H groups in total. The Kier molecular flexibility index (Phi) is 4.61. The molecule has 0 fully saturated rings. The summed E-state index contributed by atoms with van der Waals surface area (Å²) < 4.78 is 29.0. The Hall–Kier alpha value is -0.550. The summed E-state index contributed by atoms with van der Waals surface area (Å²) in [6.07, 6.45) is 0. The molecule has 0 saturated carbocycles. The van der Waals surface area contributed by atoms with Crippen LogP contribution < -0.4 is 0 Å². The van der Waals surface area contributed by atoms with Crippen LogP contribution in [0.2, 0.25) is 0 Å². The standard InChI is InChI=1S/C12H15BrFNOS/c1-8(15-17(16)12(2,3)4)9-5-6-11(14)10(13)7-9/h5-7H,1-4H3/b15-8-/t17-/m1/s1. The molecule has 0 aliphatic carbocycles. The Morgan fingerprint density at radius 2 is 2.00 bits per heavy atom. The molecule has 0 unspecified atom stereocenters. The van der Waals surface area contributed by atoms with Crippen molar-refractivity contribution in [3.8, 4) is 0 Å². The maximum atomic E-state index is 13.1. The Bertz CT molecular complexity index is 480. The van der Waals surface area contributed by atoms with Gasteiger partial charge >= 0.3 is 0 Å². The van der Waals surface area contributed by atoms with Gasteiger partial charge in [0.15, 0.2) is 0 Å². The van der Waals surface area contributed by atoms with Gasteiger partial charge < -0.3 is 0 Å². The summed E-state index contributed by atoms with van der Waals surface area (Å²) in [7, 11) is -1.30. The van der Waals surface area contributed by atoms with Crippen LogP contribution >= 0.6 is 15.9 Å². The van der Waals surface area contributed by atoms with E-state index in [1.165, 1.54) is 6.07 Å². The molecule has 94 valence electrons. The van der Waals surface area contributed by atoms with Crippen molar-refractivity contribution in [3.63, 3.8) is 0 Å². The van der Waals surface area contributed by atoms with E-state index in [0.29, 0.717) is 10.2 Å². The van der Waals surface area contributed by atoms with Gasteiger partial charge in [-0.1, -0.05) is 6.07 Å². The van der Waals surface area contributed by atoms with Crippen molar-refractivity contribution in [2.24, 2.45) is 4.40 Å². The van der Waals surface area contributed by atoms with Gasteiger partial charge in [0.25, 0.3) is 0 Å². The highest BCUT2D eigenvalue weighted by molar-refractivity contribution is 9.10. The van der Waals surface area contributed by atoms with Crippen LogP contribution in [-0.2, 0) is 11.0 Å². The summed E-state index contributed by atoms with van der Waals surface area (Å²) in [6.45, 7) is 7.35. The summed E-state index contributed by atoms with van der Waals surface area (Å²) in [5.74, 6) is -0.321. The molecule has 0 saturated heterocycles. The third kappa shape index (κ3) is 4.00. The normalized spacial score (nSPS) is 14.8.